The van der Waals surface area contributed by atoms with E-state index in [2.05, 4.69) is 24.0 Å². The topological polar surface area (TPSA) is 38.7 Å². The van der Waals surface area contributed by atoms with Crippen molar-refractivity contribution in [3.8, 4) is 0 Å². The molecular formula is C14H17NO2. The van der Waals surface area contributed by atoms with Gasteiger partial charge in [-0.1, -0.05) is 24.3 Å². The molecule has 3 nitrogen and oxygen atoms in total. The molecule has 0 bridgehead atoms. The van der Waals surface area contributed by atoms with Gasteiger partial charge in [0, 0.05) is 5.71 Å². The lowest BCUT2D eigenvalue weighted by atomic mass is 10.0. The number of nitrogens with zero attached hydrogens (tertiary/aromatic N) is 1. The van der Waals surface area contributed by atoms with E-state index in [0.717, 1.165) is 24.1 Å². The molecule has 0 amide bonds. The minimum Gasteiger partial charge on any atom is -0.464 e. The smallest absolute Gasteiger partial charge is 0.330 e. The van der Waals surface area contributed by atoms with E-state index in [1.807, 2.05) is 19.1 Å². The van der Waals surface area contributed by atoms with Crippen LogP contribution in [-0.2, 0) is 9.53 Å². The molecular weight excluding hydrogens is 214 g/mol. The number of esters is 1. The van der Waals surface area contributed by atoms with Crippen LogP contribution < -0.4 is 0 Å². The molecule has 1 aliphatic heterocycles. The molecule has 90 valence electrons. The van der Waals surface area contributed by atoms with Crippen LogP contribution in [0.15, 0.2) is 29.3 Å². The van der Waals surface area contributed by atoms with Crippen LogP contribution in [0.2, 0.25) is 0 Å². The van der Waals surface area contributed by atoms with Crippen molar-refractivity contribution in [2.45, 2.75) is 32.7 Å². The maximum Gasteiger partial charge on any atom is 0.330 e. The van der Waals surface area contributed by atoms with E-state index in [4.69, 9.17) is 4.74 Å². The quantitative estimate of drug-likeness (QED) is 0.750. The molecule has 1 aromatic carbocycles. The van der Waals surface area contributed by atoms with Gasteiger partial charge < -0.3 is 4.74 Å². The SMILES string of the molecule is CCOC(=O)[C@@H]1CCC(c2ccccc2C)=N1. The van der Waals surface area contributed by atoms with Crippen LogP contribution in [0, 0.1) is 6.92 Å². The zero-order valence-electron chi connectivity index (χ0n) is 10.3. The number of hydrogen-bond donors (Lipinski definition) is 0. The third kappa shape index (κ3) is 2.54. The highest BCUT2D eigenvalue weighted by atomic mass is 16.5. The van der Waals surface area contributed by atoms with Crippen LogP contribution in [-0.4, -0.2) is 24.3 Å². The van der Waals surface area contributed by atoms with Crippen molar-refractivity contribution in [2.75, 3.05) is 6.61 Å². The molecule has 0 aliphatic carbocycles. The standard InChI is InChI=1S/C14H17NO2/c1-3-17-14(16)13-9-8-12(15-13)11-7-5-4-6-10(11)2/h4-7,13H,3,8-9H2,1-2H3/t13-/m0/s1. The number of ether oxygens (including phenoxy) is 1. The van der Waals surface area contributed by atoms with Crippen molar-refractivity contribution in [1.82, 2.24) is 0 Å². The van der Waals surface area contributed by atoms with Gasteiger partial charge in [0.25, 0.3) is 0 Å². The maximum atomic E-state index is 11.6. The van der Waals surface area contributed by atoms with E-state index >= 15 is 0 Å². The van der Waals surface area contributed by atoms with Crippen LogP contribution in [0.5, 0.6) is 0 Å². The van der Waals surface area contributed by atoms with Gasteiger partial charge in [-0.3, -0.25) is 4.99 Å². The van der Waals surface area contributed by atoms with Crippen molar-refractivity contribution in [3.63, 3.8) is 0 Å². The normalized spacial score (nSPS) is 18.9. The summed E-state index contributed by atoms with van der Waals surface area (Å²) in [6.45, 7) is 4.30. The highest BCUT2D eigenvalue weighted by Crippen LogP contribution is 2.21. The van der Waals surface area contributed by atoms with Crippen LogP contribution >= 0.6 is 0 Å². The molecule has 17 heavy (non-hydrogen) atoms. The first-order valence-corrected chi connectivity index (χ1v) is 6.01. The number of carbonyl (C=O) groups is 1. The van der Waals surface area contributed by atoms with E-state index < -0.39 is 0 Å². The molecule has 2 rings (SSSR count). The Morgan fingerprint density at radius 2 is 2.24 bits per heavy atom. The Morgan fingerprint density at radius 3 is 2.94 bits per heavy atom. The molecule has 1 aromatic rings. The molecule has 0 aromatic heterocycles. The van der Waals surface area contributed by atoms with Crippen molar-refractivity contribution in [2.24, 2.45) is 4.99 Å². The van der Waals surface area contributed by atoms with Crippen molar-refractivity contribution in [1.29, 1.82) is 0 Å². The Hall–Kier alpha value is -1.64. The lowest BCUT2D eigenvalue weighted by molar-refractivity contribution is -0.144. The van der Waals surface area contributed by atoms with E-state index in [1.165, 1.54) is 5.56 Å². The van der Waals surface area contributed by atoms with Crippen LogP contribution in [0.3, 0.4) is 0 Å². The Labute approximate surface area is 102 Å². The van der Waals surface area contributed by atoms with E-state index in [-0.39, 0.29) is 12.0 Å². The Kier molecular flexibility index (Phi) is 3.57. The lowest BCUT2D eigenvalue weighted by Gasteiger charge is -2.05. The summed E-state index contributed by atoms with van der Waals surface area (Å²) < 4.78 is 4.99. The second kappa shape index (κ2) is 5.13. The summed E-state index contributed by atoms with van der Waals surface area (Å²) in [5.41, 5.74) is 3.39. The predicted octanol–water partition coefficient (Wildman–Crippen LogP) is 2.51. The maximum absolute atomic E-state index is 11.6. The van der Waals surface area contributed by atoms with Gasteiger partial charge in [-0.2, -0.15) is 0 Å². The van der Waals surface area contributed by atoms with Crippen LogP contribution in [0.1, 0.15) is 30.9 Å². The van der Waals surface area contributed by atoms with Gasteiger partial charge in [0.15, 0.2) is 0 Å². The average Bonchev–Trinajstić information content (AvgIpc) is 2.79. The molecule has 0 spiro atoms. The summed E-state index contributed by atoms with van der Waals surface area (Å²) in [5.74, 6) is -0.198. The highest BCUT2D eigenvalue weighted by Gasteiger charge is 2.26. The highest BCUT2D eigenvalue weighted by molar-refractivity contribution is 6.04. The van der Waals surface area contributed by atoms with Crippen molar-refractivity contribution >= 4 is 11.7 Å². The van der Waals surface area contributed by atoms with E-state index in [9.17, 15) is 4.79 Å². The zero-order valence-corrected chi connectivity index (χ0v) is 10.3. The second-order valence-electron chi connectivity index (χ2n) is 4.20. The van der Waals surface area contributed by atoms with Gasteiger partial charge in [0.1, 0.15) is 6.04 Å². The Balaban J connectivity index is 2.17. The number of aliphatic imine (C=N–C) groups is 1. The number of aryl methyl sites for hydroxylation is 1. The largest absolute Gasteiger partial charge is 0.464 e. The molecule has 0 radical (unpaired) electrons. The van der Waals surface area contributed by atoms with Gasteiger partial charge in [0.2, 0.25) is 0 Å². The number of hydrogen-bond acceptors (Lipinski definition) is 3. The molecule has 0 saturated heterocycles. The van der Waals surface area contributed by atoms with Crippen LogP contribution in [0.25, 0.3) is 0 Å². The first kappa shape index (κ1) is 11.8. The lowest BCUT2D eigenvalue weighted by Crippen LogP contribution is -2.18. The molecule has 0 N–H and O–H groups in total. The summed E-state index contributed by atoms with van der Waals surface area (Å²) in [5, 5.41) is 0. The van der Waals surface area contributed by atoms with E-state index in [0.29, 0.717) is 6.61 Å². The van der Waals surface area contributed by atoms with Gasteiger partial charge in [-0.05, 0) is 37.8 Å². The summed E-state index contributed by atoms with van der Waals surface area (Å²) in [7, 11) is 0. The fourth-order valence-corrected chi connectivity index (χ4v) is 2.10. The zero-order chi connectivity index (χ0) is 12.3. The molecule has 1 heterocycles. The van der Waals surface area contributed by atoms with Gasteiger partial charge in [0.05, 0.1) is 6.61 Å². The minimum absolute atomic E-state index is 0.198. The van der Waals surface area contributed by atoms with E-state index in [1.54, 1.807) is 0 Å². The van der Waals surface area contributed by atoms with Crippen molar-refractivity contribution in [3.05, 3.63) is 35.4 Å². The number of benzene rings is 1. The molecule has 0 unspecified atom stereocenters. The Morgan fingerprint density at radius 1 is 1.47 bits per heavy atom. The molecule has 1 aliphatic rings. The third-order valence-electron chi connectivity index (χ3n) is 2.98. The summed E-state index contributed by atoms with van der Waals surface area (Å²) >= 11 is 0. The summed E-state index contributed by atoms with van der Waals surface area (Å²) in [6.07, 6.45) is 1.62. The molecule has 0 fully saturated rings. The van der Waals surface area contributed by atoms with Gasteiger partial charge in [-0.25, -0.2) is 4.79 Å². The predicted molar refractivity (Wildman–Crippen MR) is 67.4 cm³/mol. The minimum atomic E-state index is -0.301. The van der Waals surface area contributed by atoms with Crippen LogP contribution in [0.4, 0.5) is 0 Å². The first-order valence-electron chi connectivity index (χ1n) is 6.01. The number of carbonyl (C=O) groups excluding carboxylic acids is 1. The monoisotopic (exact) mass is 231 g/mol. The summed E-state index contributed by atoms with van der Waals surface area (Å²) in [4.78, 5) is 16.1. The fraction of sp³-hybridized carbons (Fsp3) is 0.429. The molecule has 3 heteroatoms. The second-order valence-corrected chi connectivity index (χ2v) is 4.20. The molecule has 0 saturated carbocycles. The average molecular weight is 231 g/mol. The number of rotatable bonds is 3. The van der Waals surface area contributed by atoms with Gasteiger partial charge >= 0.3 is 5.97 Å². The molecule has 1 atom stereocenters. The van der Waals surface area contributed by atoms with Gasteiger partial charge in [-0.15, -0.1) is 0 Å². The third-order valence-corrected chi connectivity index (χ3v) is 2.98. The summed E-state index contributed by atoms with van der Waals surface area (Å²) in [6, 6.07) is 7.83. The fourth-order valence-electron chi connectivity index (χ4n) is 2.10. The van der Waals surface area contributed by atoms with Crippen molar-refractivity contribution < 1.29 is 9.53 Å². The first-order chi connectivity index (χ1) is 8.22. The Bertz CT molecular complexity index is 451.